The second-order valence-corrected chi connectivity index (χ2v) is 5.10. The highest BCUT2D eigenvalue weighted by Gasteiger charge is 2.35. The van der Waals surface area contributed by atoms with Crippen molar-refractivity contribution < 1.29 is 0 Å². The lowest BCUT2D eigenvalue weighted by Crippen LogP contribution is -2.30. The first-order chi connectivity index (χ1) is 8.12. The minimum atomic E-state index is 0. The van der Waals surface area contributed by atoms with E-state index in [-0.39, 0.29) is 35.4 Å². The number of aliphatic imine (C=N–C) groups is 1. The van der Waals surface area contributed by atoms with Crippen LogP contribution in [0.1, 0.15) is 36.8 Å². The van der Waals surface area contributed by atoms with Gasteiger partial charge in [-0.2, -0.15) is 0 Å². The zero-order valence-corrected chi connectivity index (χ0v) is 13.2. The predicted molar refractivity (Wildman–Crippen MR) is 87.4 cm³/mol. The average Bonchev–Trinajstić information content (AvgIpc) is 2.76. The number of nitrogens with two attached hydrogens (primary N) is 2. The van der Waals surface area contributed by atoms with Crippen LogP contribution in [0.3, 0.4) is 0 Å². The molecule has 0 aliphatic heterocycles. The molecule has 0 unspecified atom stereocenters. The van der Waals surface area contributed by atoms with Crippen LogP contribution in [0.25, 0.3) is 0 Å². The van der Waals surface area contributed by atoms with Gasteiger partial charge in [-0.25, -0.2) is 0 Å². The second-order valence-electron chi connectivity index (χ2n) is 5.10. The van der Waals surface area contributed by atoms with Crippen LogP contribution in [0.15, 0.2) is 29.3 Å². The third-order valence-corrected chi connectivity index (χ3v) is 3.76. The van der Waals surface area contributed by atoms with Crippen molar-refractivity contribution in [2.24, 2.45) is 16.5 Å². The number of nitrogens with zero attached hydrogens (tertiary/aromatic N) is 1. The number of halogens is 1. The summed E-state index contributed by atoms with van der Waals surface area (Å²) in [6.45, 7) is 2.85. The molecule has 1 aliphatic rings. The van der Waals surface area contributed by atoms with E-state index in [0.29, 0.717) is 0 Å². The summed E-state index contributed by atoms with van der Waals surface area (Å²) in [6, 6.07) is 8.74. The van der Waals surface area contributed by atoms with Crippen molar-refractivity contribution in [3.8, 4) is 0 Å². The van der Waals surface area contributed by atoms with Crippen molar-refractivity contribution in [1.82, 2.24) is 0 Å². The molecular formula is C14H22IN3. The highest BCUT2D eigenvalue weighted by molar-refractivity contribution is 14.0. The van der Waals surface area contributed by atoms with Gasteiger partial charge in [0.2, 0.25) is 0 Å². The Hall–Kier alpha value is -0.780. The summed E-state index contributed by atoms with van der Waals surface area (Å²) in [5.74, 6) is 0.198. The molecule has 1 fully saturated rings. The molecule has 3 nitrogen and oxygen atoms in total. The Kier molecular flexibility index (Phi) is 5.44. The Morgan fingerprint density at radius 1 is 1.28 bits per heavy atom. The van der Waals surface area contributed by atoms with E-state index in [1.807, 2.05) is 0 Å². The molecule has 100 valence electrons. The molecule has 1 aromatic carbocycles. The van der Waals surface area contributed by atoms with Gasteiger partial charge < -0.3 is 11.5 Å². The maximum Gasteiger partial charge on any atom is 0.185 e. The Bertz CT molecular complexity index is 419. The Labute approximate surface area is 126 Å². The van der Waals surface area contributed by atoms with E-state index in [2.05, 4.69) is 36.2 Å². The molecule has 0 atom stereocenters. The molecule has 2 rings (SSSR count). The highest BCUT2D eigenvalue weighted by Crippen LogP contribution is 2.41. The summed E-state index contributed by atoms with van der Waals surface area (Å²) in [5.41, 5.74) is 13.8. The predicted octanol–water partition coefficient (Wildman–Crippen LogP) is 2.70. The summed E-state index contributed by atoms with van der Waals surface area (Å²) in [4.78, 5) is 4.26. The number of rotatable bonds is 3. The first kappa shape index (κ1) is 15.3. The number of hydrogen-bond donors (Lipinski definition) is 2. The van der Waals surface area contributed by atoms with Gasteiger partial charge in [0.25, 0.3) is 0 Å². The Morgan fingerprint density at radius 2 is 1.94 bits per heavy atom. The van der Waals surface area contributed by atoms with Crippen molar-refractivity contribution >= 4 is 29.9 Å². The summed E-state index contributed by atoms with van der Waals surface area (Å²) >= 11 is 0. The van der Waals surface area contributed by atoms with Gasteiger partial charge in [0.05, 0.1) is 6.54 Å². The Morgan fingerprint density at radius 3 is 2.50 bits per heavy atom. The molecule has 18 heavy (non-hydrogen) atoms. The fourth-order valence-electron chi connectivity index (χ4n) is 2.81. The standard InChI is InChI=1S/C14H21N3.HI/c1-11-5-4-6-12(9-11)14(7-2-3-8-14)10-17-13(15)16;/h4-6,9H,2-3,7-8,10H2,1H3,(H4,15,16,17);1H. The zero-order valence-electron chi connectivity index (χ0n) is 10.9. The molecule has 0 amide bonds. The van der Waals surface area contributed by atoms with Gasteiger partial charge in [-0.1, -0.05) is 42.7 Å². The maximum atomic E-state index is 5.47. The molecule has 0 spiro atoms. The first-order valence-electron chi connectivity index (χ1n) is 6.25. The number of aryl methyl sites for hydroxylation is 1. The van der Waals surface area contributed by atoms with Crippen molar-refractivity contribution in [3.05, 3.63) is 35.4 Å². The summed E-state index contributed by atoms with van der Waals surface area (Å²) in [6.07, 6.45) is 4.92. The van der Waals surface area contributed by atoms with E-state index in [4.69, 9.17) is 11.5 Å². The van der Waals surface area contributed by atoms with Gasteiger partial charge >= 0.3 is 0 Å². The largest absolute Gasteiger partial charge is 0.370 e. The van der Waals surface area contributed by atoms with Crippen molar-refractivity contribution in [2.45, 2.75) is 38.0 Å². The molecule has 4 N–H and O–H groups in total. The van der Waals surface area contributed by atoms with E-state index in [0.717, 1.165) is 6.54 Å². The molecule has 4 heteroatoms. The normalized spacial score (nSPS) is 16.9. The van der Waals surface area contributed by atoms with Gasteiger partial charge in [0.15, 0.2) is 5.96 Å². The van der Waals surface area contributed by atoms with Crippen LogP contribution in [0, 0.1) is 6.92 Å². The van der Waals surface area contributed by atoms with Gasteiger partial charge in [0, 0.05) is 5.41 Å². The van der Waals surface area contributed by atoms with E-state index in [9.17, 15) is 0 Å². The molecular weight excluding hydrogens is 337 g/mol. The SMILES string of the molecule is Cc1cccc(C2(CN=C(N)N)CCCC2)c1.I. The smallest absolute Gasteiger partial charge is 0.185 e. The van der Waals surface area contributed by atoms with Crippen molar-refractivity contribution in [3.63, 3.8) is 0 Å². The highest BCUT2D eigenvalue weighted by atomic mass is 127. The molecule has 0 bridgehead atoms. The lowest BCUT2D eigenvalue weighted by Gasteiger charge is -2.28. The molecule has 0 radical (unpaired) electrons. The quantitative estimate of drug-likeness (QED) is 0.495. The van der Waals surface area contributed by atoms with E-state index >= 15 is 0 Å². The summed E-state index contributed by atoms with van der Waals surface area (Å²) in [5, 5.41) is 0. The van der Waals surface area contributed by atoms with Gasteiger partial charge in [0.1, 0.15) is 0 Å². The van der Waals surface area contributed by atoms with E-state index < -0.39 is 0 Å². The van der Waals surface area contributed by atoms with E-state index in [1.165, 1.54) is 36.8 Å². The van der Waals surface area contributed by atoms with Crippen LogP contribution < -0.4 is 11.5 Å². The zero-order chi connectivity index (χ0) is 12.3. The van der Waals surface area contributed by atoms with Gasteiger partial charge in [-0.3, -0.25) is 4.99 Å². The van der Waals surface area contributed by atoms with Gasteiger partial charge in [-0.05, 0) is 25.3 Å². The summed E-state index contributed by atoms with van der Waals surface area (Å²) in [7, 11) is 0. The fraction of sp³-hybridized carbons (Fsp3) is 0.500. The topological polar surface area (TPSA) is 64.4 Å². The van der Waals surface area contributed by atoms with Crippen LogP contribution in [0.2, 0.25) is 0 Å². The maximum absolute atomic E-state index is 5.47. The second kappa shape index (κ2) is 6.41. The lowest BCUT2D eigenvalue weighted by atomic mass is 9.78. The number of guanidine groups is 1. The molecule has 0 heterocycles. The van der Waals surface area contributed by atoms with Crippen molar-refractivity contribution in [1.29, 1.82) is 0 Å². The van der Waals surface area contributed by atoms with Crippen LogP contribution in [-0.2, 0) is 5.41 Å². The van der Waals surface area contributed by atoms with Crippen LogP contribution >= 0.6 is 24.0 Å². The minimum absolute atomic E-state index is 0. The van der Waals surface area contributed by atoms with E-state index in [1.54, 1.807) is 0 Å². The number of benzene rings is 1. The lowest BCUT2D eigenvalue weighted by molar-refractivity contribution is 0.453. The molecule has 0 aromatic heterocycles. The first-order valence-corrected chi connectivity index (χ1v) is 6.25. The van der Waals surface area contributed by atoms with Crippen LogP contribution in [0.5, 0.6) is 0 Å². The fourth-order valence-corrected chi connectivity index (χ4v) is 2.81. The third kappa shape index (κ3) is 3.37. The minimum Gasteiger partial charge on any atom is -0.370 e. The number of hydrogen-bond acceptors (Lipinski definition) is 1. The monoisotopic (exact) mass is 359 g/mol. The molecule has 1 saturated carbocycles. The van der Waals surface area contributed by atoms with Crippen LogP contribution in [-0.4, -0.2) is 12.5 Å². The summed E-state index contributed by atoms with van der Waals surface area (Å²) < 4.78 is 0. The third-order valence-electron chi connectivity index (χ3n) is 3.76. The molecule has 1 aliphatic carbocycles. The van der Waals surface area contributed by atoms with Gasteiger partial charge in [-0.15, -0.1) is 24.0 Å². The molecule has 1 aromatic rings. The van der Waals surface area contributed by atoms with Crippen LogP contribution in [0.4, 0.5) is 0 Å². The Balaban J connectivity index is 0.00000162. The average molecular weight is 359 g/mol. The molecule has 0 saturated heterocycles. The van der Waals surface area contributed by atoms with Crippen molar-refractivity contribution in [2.75, 3.05) is 6.54 Å².